The van der Waals surface area contributed by atoms with Gasteiger partial charge in [0.25, 0.3) is 0 Å². The normalized spacial score (nSPS) is 18.2. The third-order valence-electron chi connectivity index (χ3n) is 4.28. The second-order valence-corrected chi connectivity index (χ2v) is 6.72. The van der Waals surface area contributed by atoms with E-state index in [0.717, 1.165) is 18.8 Å². The summed E-state index contributed by atoms with van der Waals surface area (Å²) < 4.78 is 27.8. The van der Waals surface area contributed by atoms with Crippen molar-refractivity contribution < 1.29 is 8.78 Å². The van der Waals surface area contributed by atoms with Crippen LogP contribution in [0, 0.1) is 17.6 Å². The Morgan fingerprint density at radius 1 is 1.20 bits per heavy atom. The Balaban J connectivity index is 1.88. The van der Waals surface area contributed by atoms with Crippen molar-refractivity contribution in [3.8, 4) is 0 Å². The standard InChI is InChI=1S/C16H22BrF2N/c17-14-8-9-15(18)13(16(14)19)10-12(20)7-6-11-4-2-1-3-5-11/h8-9,11-12H,1-7,10,20H2. The zero-order valence-corrected chi connectivity index (χ0v) is 13.3. The van der Waals surface area contributed by atoms with Gasteiger partial charge in [0.05, 0.1) is 4.47 Å². The molecule has 0 aromatic heterocycles. The highest BCUT2D eigenvalue weighted by atomic mass is 79.9. The zero-order chi connectivity index (χ0) is 14.5. The number of hydrogen-bond donors (Lipinski definition) is 1. The third-order valence-corrected chi connectivity index (χ3v) is 4.89. The van der Waals surface area contributed by atoms with Crippen molar-refractivity contribution >= 4 is 15.9 Å². The SMILES string of the molecule is NC(CCC1CCCCC1)Cc1c(F)ccc(Br)c1F. The van der Waals surface area contributed by atoms with Crippen molar-refractivity contribution in [3.05, 3.63) is 33.8 Å². The van der Waals surface area contributed by atoms with Crippen LogP contribution < -0.4 is 5.73 Å². The van der Waals surface area contributed by atoms with Crippen molar-refractivity contribution in [1.82, 2.24) is 0 Å². The van der Waals surface area contributed by atoms with Crippen molar-refractivity contribution in [2.45, 2.75) is 57.4 Å². The summed E-state index contributed by atoms with van der Waals surface area (Å²) in [6, 6.07) is 2.51. The lowest BCUT2D eigenvalue weighted by atomic mass is 9.84. The van der Waals surface area contributed by atoms with Gasteiger partial charge < -0.3 is 5.73 Å². The smallest absolute Gasteiger partial charge is 0.143 e. The van der Waals surface area contributed by atoms with Crippen molar-refractivity contribution in [3.63, 3.8) is 0 Å². The van der Waals surface area contributed by atoms with Gasteiger partial charge in [0.15, 0.2) is 0 Å². The van der Waals surface area contributed by atoms with Crippen LogP contribution in [0.5, 0.6) is 0 Å². The van der Waals surface area contributed by atoms with Gasteiger partial charge in [0.2, 0.25) is 0 Å². The Hall–Kier alpha value is -0.480. The largest absolute Gasteiger partial charge is 0.327 e. The fourth-order valence-corrected chi connectivity index (χ4v) is 3.42. The molecule has 0 aliphatic heterocycles. The minimum atomic E-state index is -0.516. The molecule has 2 rings (SSSR count). The second-order valence-electron chi connectivity index (χ2n) is 5.87. The Morgan fingerprint density at radius 2 is 1.90 bits per heavy atom. The first-order valence-corrected chi connectivity index (χ1v) is 8.25. The van der Waals surface area contributed by atoms with Crippen LogP contribution >= 0.6 is 15.9 Å². The van der Waals surface area contributed by atoms with Crippen LogP contribution in [-0.4, -0.2) is 6.04 Å². The van der Waals surface area contributed by atoms with Crippen molar-refractivity contribution in [2.75, 3.05) is 0 Å². The molecule has 0 radical (unpaired) electrons. The van der Waals surface area contributed by atoms with E-state index in [1.54, 1.807) is 0 Å². The van der Waals surface area contributed by atoms with Gasteiger partial charge in [-0.05, 0) is 53.2 Å². The molecule has 0 spiro atoms. The van der Waals surface area contributed by atoms with E-state index in [1.807, 2.05) is 0 Å². The molecule has 1 fully saturated rings. The highest BCUT2D eigenvalue weighted by Gasteiger charge is 2.18. The quantitative estimate of drug-likeness (QED) is 0.750. The lowest BCUT2D eigenvalue weighted by Crippen LogP contribution is -2.25. The summed E-state index contributed by atoms with van der Waals surface area (Å²) in [5.74, 6) is -0.260. The molecule has 1 aliphatic carbocycles. The Morgan fingerprint density at radius 3 is 2.60 bits per heavy atom. The maximum absolute atomic E-state index is 13.9. The van der Waals surface area contributed by atoms with Crippen LogP contribution in [0.1, 0.15) is 50.5 Å². The first kappa shape index (κ1) is 15.9. The highest BCUT2D eigenvalue weighted by Crippen LogP contribution is 2.28. The van der Waals surface area contributed by atoms with E-state index < -0.39 is 11.6 Å². The van der Waals surface area contributed by atoms with Crippen LogP contribution in [0.3, 0.4) is 0 Å². The molecule has 1 atom stereocenters. The highest BCUT2D eigenvalue weighted by molar-refractivity contribution is 9.10. The monoisotopic (exact) mass is 345 g/mol. The van der Waals surface area contributed by atoms with Gasteiger partial charge in [-0.15, -0.1) is 0 Å². The number of benzene rings is 1. The maximum atomic E-state index is 13.9. The van der Waals surface area contributed by atoms with Crippen molar-refractivity contribution in [1.29, 1.82) is 0 Å². The Kier molecular flexibility index (Phi) is 5.97. The predicted octanol–water partition coefficient (Wildman–Crippen LogP) is 4.96. The average Bonchev–Trinajstić information content (AvgIpc) is 2.46. The molecule has 0 amide bonds. The fraction of sp³-hybridized carbons (Fsp3) is 0.625. The van der Waals surface area contributed by atoms with Gasteiger partial charge in [-0.1, -0.05) is 32.1 Å². The molecule has 0 heterocycles. The number of rotatable bonds is 5. The van der Waals surface area contributed by atoms with E-state index in [-0.39, 0.29) is 18.0 Å². The van der Waals surface area contributed by atoms with Gasteiger partial charge in [0, 0.05) is 11.6 Å². The first-order chi connectivity index (χ1) is 9.58. The Labute approximate surface area is 128 Å². The van der Waals surface area contributed by atoms with Crippen LogP contribution in [0.4, 0.5) is 8.78 Å². The Bertz CT molecular complexity index is 444. The molecule has 112 valence electrons. The summed E-state index contributed by atoms with van der Waals surface area (Å²) in [6.07, 6.45) is 8.73. The zero-order valence-electron chi connectivity index (χ0n) is 11.7. The van der Waals surface area contributed by atoms with Crippen LogP contribution in [0.2, 0.25) is 0 Å². The maximum Gasteiger partial charge on any atom is 0.143 e. The molecule has 1 unspecified atom stereocenters. The topological polar surface area (TPSA) is 26.0 Å². The van der Waals surface area contributed by atoms with Gasteiger partial charge >= 0.3 is 0 Å². The van der Waals surface area contributed by atoms with E-state index in [2.05, 4.69) is 15.9 Å². The van der Waals surface area contributed by atoms with Gasteiger partial charge in [-0.3, -0.25) is 0 Å². The summed E-state index contributed by atoms with van der Waals surface area (Å²) in [6.45, 7) is 0. The van der Waals surface area contributed by atoms with Crippen LogP contribution in [0.25, 0.3) is 0 Å². The first-order valence-electron chi connectivity index (χ1n) is 7.46. The molecule has 2 N–H and O–H groups in total. The van der Waals surface area contributed by atoms with Crippen molar-refractivity contribution in [2.24, 2.45) is 11.7 Å². The molecule has 1 aromatic carbocycles. The molecule has 1 saturated carbocycles. The van der Waals surface area contributed by atoms with E-state index in [0.29, 0.717) is 4.47 Å². The van der Waals surface area contributed by atoms with E-state index in [1.165, 1.54) is 44.2 Å². The lowest BCUT2D eigenvalue weighted by Gasteiger charge is -2.23. The average molecular weight is 346 g/mol. The van der Waals surface area contributed by atoms with Gasteiger partial charge in [0.1, 0.15) is 11.6 Å². The number of halogens is 3. The number of nitrogens with two attached hydrogens (primary N) is 1. The third kappa shape index (κ3) is 4.26. The summed E-state index contributed by atoms with van der Waals surface area (Å²) in [5.41, 5.74) is 6.17. The molecule has 0 bridgehead atoms. The second kappa shape index (κ2) is 7.51. The van der Waals surface area contributed by atoms with Crippen LogP contribution in [0.15, 0.2) is 16.6 Å². The molecule has 4 heteroatoms. The molecule has 1 aliphatic rings. The van der Waals surface area contributed by atoms with Gasteiger partial charge in [-0.25, -0.2) is 8.78 Å². The molecule has 0 saturated heterocycles. The minimum absolute atomic E-state index is 0.107. The lowest BCUT2D eigenvalue weighted by molar-refractivity contribution is 0.322. The summed E-state index contributed by atoms with van der Waals surface area (Å²) in [5, 5.41) is 0. The van der Waals surface area contributed by atoms with E-state index in [9.17, 15) is 8.78 Å². The summed E-state index contributed by atoms with van der Waals surface area (Å²) in [4.78, 5) is 0. The number of hydrogen-bond acceptors (Lipinski definition) is 1. The molecular formula is C16H22BrF2N. The minimum Gasteiger partial charge on any atom is -0.327 e. The van der Waals surface area contributed by atoms with Gasteiger partial charge in [-0.2, -0.15) is 0 Å². The molecule has 1 aromatic rings. The fourth-order valence-electron chi connectivity index (χ4n) is 3.05. The molecule has 20 heavy (non-hydrogen) atoms. The molecule has 1 nitrogen and oxygen atoms in total. The molecular weight excluding hydrogens is 324 g/mol. The summed E-state index contributed by atoms with van der Waals surface area (Å²) in [7, 11) is 0. The van der Waals surface area contributed by atoms with Crippen LogP contribution in [-0.2, 0) is 6.42 Å². The van der Waals surface area contributed by atoms with E-state index in [4.69, 9.17) is 5.73 Å². The van der Waals surface area contributed by atoms with E-state index >= 15 is 0 Å². The predicted molar refractivity (Wildman–Crippen MR) is 81.5 cm³/mol. The summed E-state index contributed by atoms with van der Waals surface area (Å²) >= 11 is 3.09.